The molecular weight excluding hydrogens is 348 g/mol. The minimum Gasteiger partial charge on any atom is -0.491 e. The molecule has 0 saturated heterocycles. The second-order valence-electron chi connectivity index (χ2n) is 5.32. The average molecular weight is 368 g/mol. The van der Waals surface area contributed by atoms with Gasteiger partial charge >= 0.3 is 0 Å². The Kier molecular flexibility index (Phi) is 5.98. The van der Waals surface area contributed by atoms with Gasteiger partial charge in [-0.05, 0) is 50.7 Å². The van der Waals surface area contributed by atoms with Gasteiger partial charge in [-0.2, -0.15) is 0 Å². The van der Waals surface area contributed by atoms with Crippen LogP contribution in [0, 0.1) is 0 Å². The number of hydrogen-bond acceptors (Lipinski definition) is 5. The number of rotatable bonds is 7. The van der Waals surface area contributed by atoms with Gasteiger partial charge in [-0.1, -0.05) is 12.1 Å². The van der Waals surface area contributed by atoms with Gasteiger partial charge in [0, 0.05) is 6.54 Å². The fourth-order valence-corrected chi connectivity index (χ4v) is 3.98. The van der Waals surface area contributed by atoms with Crippen LogP contribution in [0.25, 0.3) is 0 Å². The first kappa shape index (κ1) is 18.4. The lowest BCUT2D eigenvalue weighted by Crippen LogP contribution is -2.21. The molecule has 0 fully saturated rings. The van der Waals surface area contributed by atoms with E-state index in [1.54, 1.807) is 0 Å². The highest BCUT2D eigenvalue weighted by atomic mass is 32.2. The number of thiophene rings is 1. The predicted molar refractivity (Wildman–Crippen MR) is 93.9 cm³/mol. The van der Waals surface area contributed by atoms with Crippen LogP contribution in [0.3, 0.4) is 0 Å². The van der Waals surface area contributed by atoms with Gasteiger partial charge in [-0.15, -0.1) is 11.3 Å². The summed E-state index contributed by atoms with van der Waals surface area (Å²) in [6.45, 7) is 4.27. The first-order valence-electron chi connectivity index (χ1n) is 7.39. The molecule has 0 aliphatic rings. The monoisotopic (exact) mass is 368 g/mol. The SMILES string of the molecule is CNS(=O)(=O)c1ccc(C(=O)NCc2ccc(OC(C)C)cc2)s1. The van der Waals surface area contributed by atoms with E-state index in [4.69, 9.17) is 4.74 Å². The van der Waals surface area contributed by atoms with Gasteiger partial charge in [-0.25, -0.2) is 13.1 Å². The standard InChI is InChI=1S/C16H20N2O4S2/c1-11(2)22-13-6-4-12(5-7-13)10-18-16(19)14-8-9-15(23-14)24(20,21)17-3/h4-9,11,17H,10H2,1-3H3,(H,18,19). The lowest BCUT2D eigenvalue weighted by atomic mass is 10.2. The average Bonchev–Trinajstić information content (AvgIpc) is 3.04. The molecule has 0 aliphatic heterocycles. The molecule has 2 rings (SSSR count). The summed E-state index contributed by atoms with van der Waals surface area (Å²) in [6.07, 6.45) is 0.109. The van der Waals surface area contributed by atoms with Crippen LogP contribution >= 0.6 is 11.3 Å². The summed E-state index contributed by atoms with van der Waals surface area (Å²) in [5, 5.41) is 2.77. The number of ether oxygens (including phenoxy) is 1. The quantitative estimate of drug-likeness (QED) is 0.786. The maximum absolute atomic E-state index is 12.1. The number of carbonyl (C=O) groups is 1. The lowest BCUT2D eigenvalue weighted by Gasteiger charge is -2.10. The Hall–Kier alpha value is -1.90. The minimum atomic E-state index is -3.52. The predicted octanol–water partition coefficient (Wildman–Crippen LogP) is 2.37. The van der Waals surface area contributed by atoms with Gasteiger partial charge in [0.2, 0.25) is 10.0 Å². The Morgan fingerprint density at radius 2 is 1.83 bits per heavy atom. The first-order valence-corrected chi connectivity index (χ1v) is 9.69. The third kappa shape index (κ3) is 4.80. The van der Waals surface area contributed by atoms with Crippen molar-refractivity contribution < 1.29 is 17.9 Å². The lowest BCUT2D eigenvalue weighted by molar-refractivity contribution is 0.0955. The number of sulfonamides is 1. The molecule has 1 amide bonds. The molecule has 1 aromatic heterocycles. The van der Waals surface area contributed by atoms with Gasteiger partial charge in [0.15, 0.2) is 0 Å². The van der Waals surface area contributed by atoms with Crippen molar-refractivity contribution in [3.8, 4) is 5.75 Å². The van der Waals surface area contributed by atoms with Gasteiger partial charge < -0.3 is 10.1 Å². The molecule has 0 aliphatic carbocycles. The van der Waals surface area contributed by atoms with Crippen molar-refractivity contribution in [3.05, 3.63) is 46.8 Å². The Bertz CT molecular complexity index is 796. The van der Waals surface area contributed by atoms with E-state index in [0.717, 1.165) is 22.6 Å². The zero-order valence-electron chi connectivity index (χ0n) is 13.7. The molecule has 1 aromatic carbocycles. The smallest absolute Gasteiger partial charge is 0.261 e. The third-order valence-corrected chi connectivity index (χ3v) is 6.08. The molecular formula is C16H20N2O4S2. The van der Waals surface area contributed by atoms with Crippen molar-refractivity contribution in [3.63, 3.8) is 0 Å². The molecule has 1 heterocycles. The molecule has 0 bridgehead atoms. The van der Waals surface area contributed by atoms with E-state index < -0.39 is 10.0 Å². The van der Waals surface area contributed by atoms with Crippen LogP contribution < -0.4 is 14.8 Å². The number of nitrogens with one attached hydrogen (secondary N) is 2. The van der Waals surface area contributed by atoms with Crippen molar-refractivity contribution in [1.29, 1.82) is 0 Å². The van der Waals surface area contributed by atoms with Crippen LogP contribution in [-0.4, -0.2) is 27.5 Å². The highest BCUT2D eigenvalue weighted by molar-refractivity contribution is 7.91. The highest BCUT2D eigenvalue weighted by Crippen LogP contribution is 2.21. The largest absolute Gasteiger partial charge is 0.491 e. The van der Waals surface area contributed by atoms with Crippen LogP contribution in [-0.2, 0) is 16.6 Å². The summed E-state index contributed by atoms with van der Waals surface area (Å²) < 4.78 is 31.3. The Labute approximate surface area is 145 Å². The molecule has 24 heavy (non-hydrogen) atoms. The Morgan fingerprint density at radius 3 is 2.42 bits per heavy atom. The van der Waals surface area contributed by atoms with Crippen molar-refractivity contribution in [1.82, 2.24) is 10.0 Å². The summed E-state index contributed by atoms with van der Waals surface area (Å²) in [7, 11) is -2.18. The summed E-state index contributed by atoms with van der Waals surface area (Å²) in [4.78, 5) is 12.5. The zero-order chi connectivity index (χ0) is 17.7. The van der Waals surface area contributed by atoms with Gasteiger partial charge in [-0.3, -0.25) is 4.79 Å². The van der Waals surface area contributed by atoms with E-state index in [2.05, 4.69) is 10.0 Å². The molecule has 0 radical (unpaired) electrons. The van der Waals surface area contributed by atoms with E-state index in [0.29, 0.717) is 11.4 Å². The summed E-state index contributed by atoms with van der Waals surface area (Å²) in [6, 6.07) is 10.4. The second-order valence-corrected chi connectivity index (χ2v) is 8.52. The van der Waals surface area contributed by atoms with Crippen molar-refractivity contribution in [2.75, 3.05) is 7.05 Å². The second kappa shape index (κ2) is 7.78. The van der Waals surface area contributed by atoms with Crippen LogP contribution in [0.2, 0.25) is 0 Å². The first-order chi connectivity index (χ1) is 11.3. The number of carbonyl (C=O) groups excluding carboxylic acids is 1. The maximum Gasteiger partial charge on any atom is 0.261 e. The molecule has 130 valence electrons. The van der Waals surface area contributed by atoms with Crippen LogP contribution in [0.5, 0.6) is 5.75 Å². The summed E-state index contributed by atoms with van der Waals surface area (Å²) in [5.74, 6) is 0.473. The minimum absolute atomic E-state index is 0.109. The number of benzene rings is 1. The normalized spacial score (nSPS) is 11.5. The summed E-state index contributed by atoms with van der Waals surface area (Å²) >= 11 is 0.934. The van der Waals surface area contributed by atoms with Crippen molar-refractivity contribution in [2.45, 2.75) is 30.7 Å². The van der Waals surface area contributed by atoms with E-state index in [1.165, 1.54) is 19.2 Å². The Balaban J connectivity index is 1.96. The fraction of sp³-hybridized carbons (Fsp3) is 0.312. The maximum atomic E-state index is 12.1. The van der Waals surface area contributed by atoms with Gasteiger partial charge in [0.05, 0.1) is 11.0 Å². The van der Waals surface area contributed by atoms with Gasteiger partial charge in [0.25, 0.3) is 5.91 Å². The fourth-order valence-electron chi connectivity index (χ4n) is 1.91. The molecule has 2 N–H and O–H groups in total. The number of hydrogen-bond donors (Lipinski definition) is 2. The van der Waals surface area contributed by atoms with E-state index in [1.807, 2.05) is 38.1 Å². The topological polar surface area (TPSA) is 84.5 Å². The Morgan fingerprint density at radius 1 is 1.17 bits per heavy atom. The van der Waals surface area contributed by atoms with E-state index >= 15 is 0 Å². The zero-order valence-corrected chi connectivity index (χ0v) is 15.3. The number of amides is 1. The van der Waals surface area contributed by atoms with E-state index in [9.17, 15) is 13.2 Å². The molecule has 6 nitrogen and oxygen atoms in total. The van der Waals surface area contributed by atoms with Crippen molar-refractivity contribution in [2.24, 2.45) is 0 Å². The molecule has 0 spiro atoms. The van der Waals surface area contributed by atoms with Crippen molar-refractivity contribution >= 4 is 27.3 Å². The van der Waals surface area contributed by atoms with Crippen LogP contribution in [0.15, 0.2) is 40.6 Å². The molecule has 0 unspecified atom stereocenters. The highest BCUT2D eigenvalue weighted by Gasteiger charge is 2.17. The van der Waals surface area contributed by atoms with Crippen LogP contribution in [0.4, 0.5) is 0 Å². The molecule has 2 aromatic rings. The molecule has 0 atom stereocenters. The van der Waals surface area contributed by atoms with Crippen LogP contribution in [0.1, 0.15) is 29.1 Å². The van der Waals surface area contributed by atoms with Gasteiger partial charge in [0.1, 0.15) is 9.96 Å². The molecule has 8 heteroatoms. The molecule has 0 saturated carbocycles. The summed E-state index contributed by atoms with van der Waals surface area (Å²) in [5.41, 5.74) is 0.930. The third-order valence-electron chi connectivity index (χ3n) is 3.09. The van der Waals surface area contributed by atoms with E-state index in [-0.39, 0.29) is 16.2 Å².